The molecule has 2 fully saturated rings. The first kappa shape index (κ1) is 24.6. The molecule has 0 bridgehead atoms. The molecular weight excluding hydrogens is 433 g/mol. The summed E-state index contributed by atoms with van der Waals surface area (Å²) < 4.78 is 49.2. The van der Waals surface area contributed by atoms with E-state index in [1.165, 1.54) is 32.1 Å². The molecule has 0 amide bonds. The smallest absolute Gasteiger partial charge is 0.191 e. The summed E-state index contributed by atoms with van der Waals surface area (Å²) in [5.74, 6) is 0.167. The lowest BCUT2D eigenvalue weighted by Crippen LogP contribution is -2.30. The van der Waals surface area contributed by atoms with E-state index < -0.39 is 23.2 Å². The highest BCUT2D eigenvalue weighted by Gasteiger charge is 2.35. The minimum atomic E-state index is -0.829. The summed E-state index contributed by atoms with van der Waals surface area (Å²) in [6.45, 7) is 5.73. The van der Waals surface area contributed by atoms with Crippen LogP contribution in [0.3, 0.4) is 0 Å². The molecule has 4 heteroatoms. The Morgan fingerprint density at radius 1 is 0.941 bits per heavy atom. The molecule has 1 nitrogen and oxygen atoms in total. The number of halogens is 3. The van der Waals surface area contributed by atoms with E-state index in [1.54, 1.807) is 31.2 Å². The van der Waals surface area contributed by atoms with E-state index in [0.717, 1.165) is 54.7 Å². The maximum Gasteiger partial charge on any atom is 0.191 e. The molecule has 0 N–H and O–H groups in total. The minimum Gasteiger partial charge on any atom is -0.483 e. The number of allylic oxidation sites excluding steroid dienone is 2. The van der Waals surface area contributed by atoms with Crippen molar-refractivity contribution < 1.29 is 17.9 Å². The van der Waals surface area contributed by atoms with Crippen molar-refractivity contribution in [1.29, 1.82) is 0 Å². The number of ether oxygens (including phenoxy) is 1. The number of fused-ring (bicyclic) bond motifs is 1. The van der Waals surface area contributed by atoms with E-state index in [9.17, 15) is 8.78 Å². The predicted octanol–water partition coefficient (Wildman–Crippen LogP) is 8.99. The van der Waals surface area contributed by atoms with Crippen LogP contribution in [-0.2, 0) is 0 Å². The lowest BCUT2D eigenvalue weighted by molar-refractivity contribution is 0.115. The van der Waals surface area contributed by atoms with Crippen molar-refractivity contribution in [2.24, 2.45) is 17.8 Å². The SMILES string of the molecule is C=CCCC1CCC2CC(c3ccc(-c4cc(F)c(OC/C=C/C)c(F)c4)c(F)c3)CCC2C1. The first-order valence-electron chi connectivity index (χ1n) is 12.6. The van der Waals surface area contributed by atoms with Gasteiger partial charge in [-0.2, -0.15) is 0 Å². The molecule has 0 radical (unpaired) electrons. The summed E-state index contributed by atoms with van der Waals surface area (Å²) in [6.07, 6.45) is 15.1. The first-order chi connectivity index (χ1) is 16.5. The topological polar surface area (TPSA) is 9.23 Å². The highest BCUT2D eigenvalue weighted by Crippen LogP contribution is 2.48. The lowest BCUT2D eigenvalue weighted by Gasteiger charge is -2.42. The number of rotatable bonds is 8. The standard InChI is InChI=1S/C30H35F3O/c1-3-5-7-20-8-9-22-16-23(11-10-21(22)15-20)24-12-13-26(27(31)17-24)25-18-28(32)30(29(33)19-25)34-14-6-4-2/h3-4,6,12-13,17-23H,1,5,7-11,14-16H2,2H3/b6-4+. The fourth-order valence-corrected chi connectivity index (χ4v) is 6.01. The Morgan fingerprint density at radius 2 is 1.68 bits per heavy atom. The molecule has 4 atom stereocenters. The molecule has 2 aliphatic carbocycles. The molecule has 182 valence electrons. The average Bonchev–Trinajstić information content (AvgIpc) is 2.83. The van der Waals surface area contributed by atoms with Crippen molar-refractivity contribution in [1.82, 2.24) is 0 Å². The van der Waals surface area contributed by atoms with E-state index >= 15 is 4.39 Å². The van der Waals surface area contributed by atoms with E-state index in [4.69, 9.17) is 4.74 Å². The Hall–Kier alpha value is -2.49. The number of benzene rings is 2. The molecule has 34 heavy (non-hydrogen) atoms. The van der Waals surface area contributed by atoms with Crippen LogP contribution in [0.25, 0.3) is 11.1 Å². The predicted molar refractivity (Wildman–Crippen MR) is 132 cm³/mol. The Bertz CT molecular complexity index is 1000. The molecular formula is C30H35F3O. The van der Waals surface area contributed by atoms with Gasteiger partial charge in [0, 0.05) is 5.56 Å². The fourth-order valence-electron chi connectivity index (χ4n) is 6.01. The van der Waals surface area contributed by atoms with Gasteiger partial charge in [-0.15, -0.1) is 6.58 Å². The van der Waals surface area contributed by atoms with Gasteiger partial charge in [-0.25, -0.2) is 13.2 Å². The minimum absolute atomic E-state index is 0.0749. The molecule has 0 spiro atoms. The van der Waals surface area contributed by atoms with Gasteiger partial charge in [-0.05, 0) is 105 Å². The lowest BCUT2D eigenvalue weighted by atomic mass is 9.63. The highest BCUT2D eigenvalue weighted by atomic mass is 19.1. The molecule has 0 heterocycles. The summed E-state index contributed by atoms with van der Waals surface area (Å²) in [5, 5.41) is 0. The molecule has 2 saturated carbocycles. The van der Waals surface area contributed by atoms with Crippen molar-refractivity contribution >= 4 is 0 Å². The molecule has 2 aromatic carbocycles. The van der Waals surface area contributed by atoms with Crippen LogP contribution in [-0.4, -0.2) is 6.61 Å². The normalized spacial score (nSPS) is 24.7. The van der Waals surface area contributed by atoms with Crippen LogP contribution in [0.1, 0.15) is 69.8 Å². The van der Waals surface area contributed by atoms with Gasteiger partial charge >= 0.3 is 0 Å². The zero-order valence-corrected chi connectivity index (χ0v) is 20.0. The van der Waals surface area contributed by atoms with Crippen LogP contribution in [0.5, 0.6) is 5.75 Å². The van der Waals surface area contributed by atoms with Crippen molar-refractivity contribution in [3.63, 3.8) is 0 Å². The van der Waals surface area contributed by atoms with Crippen LogP contribution >= 0.6 is 0 Å². The second kappa shape index (κ2) is 11.3. The van der Waals surface area contributed by atoms with E-state index in [2.05, 4.69) is 6.58 Å². The molecule has 2 aliphatic rings. The van der Waals surface area contributed by atoms with Crippen molar-refractivity contribution in [3.05, 3.63) is 78.2 Å². The van der Waals surface area contributed by atoms with Crippen molar-refractivity contribution in [2.75, 3.05) is 6.61 Å². The molecule has 4 rings (SSSR count). The zero-order valence-electron chi connectivity index (χ0n) is 20.0. The third kappa shape index (κ3) is 5.59. The van der Waals surface area contributed by atoms with Crippen LogP contribution in [0.15, 0.2) is 55.1 Å². The third-order valence-corrected chi connectivity index (χ3v) is 7.83. The zero-order chi connectivity index (χ0) is 24.1. The van der Waals surface area contributed by atoms with Gasteiger partial charge in [0.2, 0.25) is 0 Å². The summed E-state index contributed by atoms with van der Waals surface area (Å²) in [7, 11) is 0. The van der Waals surface area contributed by atoms with Gasteiger partial charge in [0.1, 0.15) is 12.4 Å². The van der Waals surface area contributed by atoms with Gasteiger partial charge in [-0.3, -0.25) is 0 Å². The Kier molecular flexibility index (Phi) is 8.18. The average molecular weight is 469 g/mol. The Labute approximate surface area is 201 Å². The van der Waals surface area contributed by atoms with Gasteiger partial charge in [0.25, 0.3) is 0 Å². The van der Waals surface area contributed by atoms with Gasteiger partial charge in [0.15, 0.2) is 17.4 Å². The summed E-state index contributed by atoms with van der Waals surface area (Å²) in [5.41, 5.74) is 1.39. The molecule has 0 saturated heterocycles. The summed E-state index contributed by atoms with van der Waals surface area (Å²) in [6, 6.07) is 7.45. The molecule has 0 aromatic heterocycles. The van der Waals surface area contributed by atoms with Crippen LogP contribution < -0.4 is 4.74 Å². The first-order valence-corrected chi connectivity index (χ1v) is 12.6. The highest BCUT2D eigenvalue weighted by molar-refractivity contribution is 5.66. The van der Waals surface area contributed by atoms with Gasteiger partial charge in [-0.1, -0.05) is 36.8 Å². The summed E-state index contributed by atoms with van der Waals surface area (Å²) in [4.78, 5) is 0. The number of hydrogen-bond acceptors (Lipinski definition) is 1. The number of hydrogen-bond donors (Lipinski definition) is 0. The van der Waals surface area contributed by atoms with Gasteiger partial charge in [0.05, 0.1) is 0 Å². The fraction of sp³-hybridized carbons (Fsp3) is 0.467. The monoisotopic (exact) mass is 468 g/mol. The maximum atomic E-state index is 15.1. The molecule has 4 unspecified atom stereocenters. The van der Waals surface area contributed by atoms with E-state index in [0.29, 0.717) is 5.92 Å². The van der Waals surface area contributed by atoms with E-state index in [1.807, 2.05) is 12.1 Å². The largest absolute Gasteiger partial charge is 0.483 e. The second-order valence-corrected chi connectivity index (χ2v) is 9.96. The third-order valence-electron chi connectivity index (χ3n) is 7.83. The van der Waals surface area contributed by atoms with Crippen LogP contribution in [0, 0.1) is 35.2 Å². The second-order valence-electron chi connectivity index (χ2n) is 9.96. The van der Waals surface area contributed by atoms with Gasteiger partial charge < -0.3 is 4.74 Å². The Balaban J connectivity index is 1.44. The van der Waals surface area contributed by atoms with Crippen LogP contribution in [0.4, 0.5) is 13.2 Å². The molecule has 0 aliphatic heterocycles. The molecule has 2 aromatic rings. The van der Waals surface area contributed by atoms with Crippen molar-refractivity contribution in [3.8, 4) is 16.9 Å². The Morgan fingerprint density at radius 3 is 2.38 bits per heavy atom. The maximum absolute atomic E-state index is 15.1. The quantitative estimate of drug-likeness (QED) is 0.351. The van der Waals surface area contributed by atoms with Crippen LogP contribution in [0.2, 0.25) is 0 Å². The summed E-state index contributed by atoms with van der Waals surface area (Å²) >= 11 is 0. The van der Waals surface area contributed by atoms with Crippen molar-refractivity contribution in [2.45, 2.75) is 64.2 Å². The van der Waals surface area contributed by atoms with E-state index in [-0.39, 0.29) is 17.7 Å².